The molecule has 1 aromatic rings. The van der Waals surface area contributed by atoms with Crippen molar-refractivity contribution in [3.8, 4) is 6.01 Å². The fourth-order valence-corrected chi connectivity index (χ4v) is 2.49. The van der Waals surface area contributed by atoms with E-state index in [9.17, 15) is 0 Å². The fraction of sp³-hybridized carbons (Fsp3) is 0.786. The number of hydrogen-bond donors (Lipinski definition) is 1. The van der Waals surface area contributed by atoms with Gasteiger partial charge in [-0.15, -0.1) is 0 Å². The van der Waals surface area contributed by atoms with Gasteiger partial charge in [-0.05, 0) is 39.5 Å². The van der Waals surface area contributed by atoms with E-state index < -0.39 is 0 Å². The highest BCUT2D eigenvalue weighted by Crippen LogP contribution is 2.23. The molecule has 1 aromatic heterocycles. The van der Waals surface area contributed by atoms with Gasteiger partial charge in [0.05, 0.1) is 0 Å². The van der Waals surface area contributed by atoms with E-state index in [-0.39, 0.29) is 6.10 Å². The maximum atomic E-state index is 5.95. The molecule has 1 saturated carbocycles. The minimum atomic E-state index is 0.250. The smallest absolute Gasteiger partial charge is 0.323 e. The van der Waals surface area contributed by atoms with Gasteiger partial charge in [0.1, 0.15) is 6.10 Å². The van der Waals surface area contributed by atoms with Crippen LogP contribution in [0.15, 0.2) is 0 Å². The first-order valence-electron chi connectivity index (χ1n) is 7.62. The fourth-order valence-electron chi connectivity index (χ4n) is 2.49. The lowest BCUT2D eigenvalue weighted by Crippen LogP contribution is -2.26. The highest BCUT2D eigenvalue weighted by Gasteiger charge is 2.18. The van der Waals surface area contributed by atoms with Crippen molar-refractivity contribution in [3.63, 3.8) is 0 Å². The summed E-state index contributed by atoms with van der Waals surface area (Å²) in [6.07, 6.45) is 6.22. The first-order chi connectivity index (χ1) is 9.76. The van der Waals surface area contributed by atoms with Crippen LogP contribution < -0.4 is 15.0 Å². The van der Waals surface area contributed by atoms with Crippen molar-refractivity contribution in [1.29, 1.82) is 0 Å². The van der Waals surface area contributed by atoms with Gasteiger partial charge < -0.3 is 15.0 Å². The molecular formula is C14H25N5O. The summed E-state index contributed by atoms with van der Waals surface area (Å²) in [5.74, 6) is 1.24. The molecule has 0 amide bonds. The minimum Gasteiger partial charge on any atom is -0.460 e. The van der Waals surface area contributed by atoms with E-state index >= 15 is 0 Å². The number of nitrogens with one attached hydrogen (secondary N) is 1. The molecule has 0 spiro atoms. The third kappa shape index (κ3) is 3.71. The predicted molar refractivity (Wildman–Crippen MR) is 80.4 cm³/mol. The zero-order valence-electron chi connectivity index (χ0n) is 12.7. The third-order valence-electron chi connectivity index (χ3n) is 3.70. The summed E-state index contributed by atoms with van der Waals surface area (Å²) in [4.78, 5) is 15.3. The largest absolute Gasteiger partial charge is 0.460 e. The maximum absolute atomic E-state index is 5.95. The molecule has 0 aliphatic heterocycles. The Kier molecular flexibility index (Phi) is 5.38. The zero-order valence-corrected chi connectivity index (χ0v) is 12.7. The Labute approximate surface area is 121 Å². The van der Waals surface area contributed by atoms with Crippen LogP contribution in [0.25, 0.3) is 0 Å². The molecule has 2 rings (SSSR count). The van der Waals surface area contributed by atoms with Gasteiger partial charge in [0.15, 0.2) is 0 Å². The normalized spacial score (nSPS) is 15.9. The van der Waals surface area contributed by atoms with Crippen LogP contribution in [0.3, 0.4) is 0 Å². The van der Waals surface area contributed by atoms with E-state index in [0.717, 1.165) is 25.9 Å². The number of hydrogen-bond acceptors (Lipinski definition) is 6. The van der Waals surface area contributed by atoms with E-state index in [1.807, 2.05) is 7.05 Å². The quantitative estimate of drug-likeness (QED) is 0.863. The molecule has 0 atom stereocenters. The Morgan fingerprint density at radius 3 is 2.40 bits per heavy atom. The monoisotopic (exact) mass is 279 g/mol. The van der Waals surface area contributed by atoms with Gasteiger partial charge >= 0.3 is 6.01 Å². The number of anilines is 2. The standard InChI is InChI=1S/C14H25N5O/c1-4-19(5-2)13-16-12(15-3)17-14(18-13)20-11-9-7-6-8-10-11/h11H,4-10H2,1-3H3,(H,15,16,17,18). The third-order valence-corrected chi connectivity index (χ3v) is 3.70. The Balaban J connectivity index is 2.16. The van der Waals surface area contributed by atoms with Crippen LogP contribution in [0.4, 0.5) is 11.9 Å². The Bertz CT molecular complexity index is 416. The topological polar surface area (TPSA) is 63.2 Å². The van der Waals surface area contributed by atoms with Crippen molar-refractivity contribution >= 4 is 11.9 Å². The zero-order chi connectivity index (χ0) is 14.4. The van der Waals surface area contributed by atoms with Crippen molar-refractivity contribution in [1.82, 2.24) is 15.0 Å². The van der Waals surface area contributed by atoms with Gasteiger partial charge in [-0.3, -0.25) is 0 Å². The van der Waals surface area contributed by atoms with Crippen LogP contribution in [0.1, 0.15) is 46.0 Å². The van der Waals surface area contributed by atoms with Crippen molar-refractivity contribution < 1.29 is 4.74 Å². The SMILES string of the molecule is CCN(CC)c1nc(NC)nc(OC2CCCCC2)n1. The average Bonchev–Trinajstić information content (AvgIpc) is 2.49. The maximum Gasteiger partial charge on any atom is 0.323 e. The number of nitrogens with zero attached hydrogens (tertiary/aromatic N) is 4. The lowest BCUT2D eigenvalue weighted by atomic mass is 9.98. The summed E-state index contributed by atoms with van der Waals surface area (Å²) < 4.78 is 5.95. The van der Waals surface area contributed by atoms with E-state index in [2.05, 4.69) is 39.0 Å². The summed E-state index contributed by atoms with van der Waals surface area (Å²) in [6, 6.07) is 0.443. The van der Waals surface area contributed by atoms with Crippen molar-refractivity contribution in [2.24, 2.45) is 0 Å². The second-order valence-corrected chi connectivity index (χ2v) is 5.04. The Morgan fingerprint density at radius 2 is 1.80 bits per heavy atom. The van der Waals surface area contributed by atoms with Crippen LogP contribution in [0, 0.1) is 0 Å². The highest BCUT2D eigenvalue weighted by atomic mass is 16.5. The van der Waals surface area contributed by atoms with Crippen molar-refractivity contribution in [3.05, 3.63) is 0 Å². The molecule has 0 saturated heterocycles. The molecule has 20 heavy (non-hydrogen) atoms. The summed E-state index contributed by atoms with van der Waals surface area (Å²) in [6.45, 7) is 5.92. The summed E-state index contributed by atoms with van der Waals surface area (Å²) in [5.41, 5.74) is 0. The minimum absolute atomic E-state index is 0.250. The van der Waals surface area contributed by atoms with E-state index in [4.69, 9.17) is 4.74 Å². The second-order valence-electron chi connectivity index (χ2n) is 5.04. The number of aromatic nitrogens is 3. The highest BCUT2D eigenvalue weighted by molar-refractivity contribution is 5.37. The van der Waals surface area contributed by atoms with Gasteiger partial charge in [0, 0.05) is 20.1 Å². The van der Waals surface area contributed by atoms with Crippen LogP contribution in [0.5, 0.6) is 6.01 Å². The molecule has 6 heteroatoms. The van der Waals surface area contributed by atoms with Gasteiger partial charge in [-0.2, -0.15) is 15.0 Å². The molecule has 1 N–H and O–H groups in total. The molecule has 0 bridgehead atoms. The van der Waals surface area contributed by atoms with Crippen LogP contribution in [-0.4, -0.2) is 41.2 Å². The lowest BCUT2D eigenvalue weighted by molar-refractivity contribution is 0.142. The molecular weight excluding hydrogens is 254 g/mol. The Hall–Kier alpha value is -1.59. The lowest BCUT2D eigenvalue weighted by Gasteiger charge is -2.23. The molecule has 1 fully saturated rings. The van der Waals surface area contributed by atoms with Gasteiger partial charge in [-0.25, -0.2) is 0 Å². The van der Waals surface area contributed by atoms with Crippen LogP contribution >= 0.6 is 0 Å². The molecule has 0 aromatic carbocycles. The summed E-state index contributed by atoms with van der Waals surface area (Å²) in [5, 5.41) is 2.98. The van der Waals surface area contributed by atoms with E-state index in [1.54, 1.807) is 0 Å². The molecule has 1 heterocycles. The summed E-state index contributed by atoms with van der Waals surface area (Å²) in [7, 11) is 1.81. The molecule has 0 unspecified atom stereocenters. The van der Waals surface area contributed by atoms with Gasteiger partial charge in [-0.1, -0.05) is 6.42 Å². The molecule has 112 valence electrons. The van der Waals surface area contributed by atoms with Crippen molar-refractivity contribution in [2.75, 3.05) is 30.4 Å². The molecule has 1 aliphatic carbocycles. The van der Waals surface area contributed by atoms with Crippen LogP contribution in [-0.2, 0) is 0 Å². The van der Waals surface area contributed by atoms with Gasteiger partial charge in [0.2, 0.25) is 11.9 Å². The Morgan fingerprint density at radius 1 is 1.10 bits per heavy atom. The van der Waals surface area contributed by atoms with Crippen LogP contribution in [0.2, 0.25) is 0 Å². The average molecular weight is 279 g/mol. The number of ether oxygens (including phenoxy) is 1. The molecule has 0 radical (unpaired) electrons. The number of rotatable bonds is 6. The van der Waals surface area contributed by atoms with E-state index in [0.29, 0.717) is 17.9 Å². The molecule has 1 aliphatic rings. The second kappa shape index (κ2) is 7.26. The predicted octanol–water partition coefficient (Wildman–Crippen LogP) is 2.47. The van der Waals surface area contributed by atoms with E-state index in [1.165, 1.54) is 19.3 Å². The van der Waals surface area contributed by atoms with Crippen molar-refractivity contribution in [2.45, 2.75) is 52.1 Å². The first kappa shape index (κ1) is 14.8. The van der Waals surface area contributed by atoms with Gasteiger partial charge in [0.25, 0.3) is 0 Å². The first-order valence-corrected chi connectivity index (χ1v) is 7.62. The summed E-state index contributed by atoms with van der Waals surface area (Å²) >= 11 is 0. The molecule has 6 nitrogen and oxygen atoms in total.